The fourth-order valence-electron chi connectivity index (χ4n) is 0.948. The summed E-state index contributed by atoms with van der Waals surface area (Å²) in [5, 5.41) is 10.8. The molecule has 0 heterocycles. The Kier molecular flexibility index (Phi) is 3.72. The molecule has 4 heteroatoms. The lowest BCUT2D eigenvalue weighted by molar-refractivity contribution is 0.192. The molecule has 1 unspecified atom stereocenters. The third-order valence-corrected chi connectivity index (χ3v) is 3.23. The lowest BCUT2D eigenvalue weighted by Gasteiger charge is -2.09. The van der Waals surface area contributed by atoms with Gasteiger partial charge in [0, 0.05) is 11.8 Å². The summed E-state index contributed by atoms with van der Waals surface area (Å²) in [6.07, 6.45) is 1.82. The van der Waals surface area contributed by atoms with Gasteiger partial charge >= 0.3 is 6.09 Å². The minimum Gasteiger partial charge on any atom is -0.465 e. The molecule has 1 aliphatic carbocycles. The van der Waals surface area contributed by atoms with Crippen molar-refractivity contribution in [2.24, 2.45) is 5.92 Å². The Hall–Kier alpha value is -0.380. The van der Waals surface area contributed by atoms with Crippen LogP contribution in [0.2, 0.25) is 0 Å². The summed E-state index contributed by atoms with van der Waals surface area (Å²) in [5.74, 6) is 3.01. The molecule has 0 spiro atoms. The Bertz CT molecular complexity index is 159. The Morgan fingerprint density at radius 3 is 2.92 bits per heavy atom. The van der Waals surface area contributed by atoms with Gasteiger partial charge in [0.2, 0.25) is 0 Å². The van der Waals surface area contributed by atoms with Crippen LogP contribution in [0.1, 0.15) is 19.8 Å². The Morgan fingerprint density at radius 1 is 1.75 bits per heavy atom. The van der Waals surface area contributed by atoms with Crippen LogP contribution >= 0.6 is 11.8 Å². The van der Waals surface area contributed by atoms with Crippen molar-refractivity contribution in [3.05, 3.63) is 0 Å². The van der Waals surface area contributed by atoms with Crippen LogP contribution in [0.4, 0.5) is 4.79 Å². The van der Waals surface area contributed by atoms with Crippen LogP contribution in [-0.2, 0) is 0 Å². The zero-order valence-electron chi connectivity index (χ0n) is 7.25. The molecule has 0 radical (unpaired) electrons. The average Bonchev–Trinajstić information content (AvgIpc) is 2.69. The Balaban J connectivity index is 1.93. The van der Waals surface area contributed by atoms with Crippen LogP contribution in [0.15, 0.2) is 0 Å². The Morgan fingerprint density at radius 2 is 2.42 bits per heavy atom. The first-order chi connectivity index (χ1) is 5.68. The zero-order chi connectivity index (χ0) is 8.97. The van der Waals surface area contributed by atoms with Crippen molar-refractivity contribution in [1.29, 1.82) is 0 Å². The summed E-state index contributed by atoms with van der Waals surface area (Å²) in [6, 6.07) is 0.0752. The van der Waals surface area contributed by atoms with E-state index in [1.54, 1.807) is 0 Å². The summed E-state index contributed by atoms with van der Waals surface area (Å²) in [7, 11) is 0. The van der Waals surface area contributed by atoms with Gasteiger partial charge in [0.05, 0.1) is 0 Å². The van der Waals surface area contributed by atoms with E-state index in [4.69, 9.17) is 5.11 Å². The van der Waals surface area contributed by atoms with Crippen LogP contribution in [0.3, 0.4) is 0 Å². The maximum absolute atomic E-state index is 10.2. The predicted molar refractivity (Wildman–Crippen MR) is 50.7 cm³/mol. The van der Waals surface area contributed by atoms with Crippen molar-refractivity contribution < 1.29 is 9.90 Å². The first kappa shape index (κ1) is 9.71. The van der Waals surface area contributed by atoms with E-state index in [0.29, 0.717) is 0 Å². The molecule has 0 aromatic rings. The molecule has 1 atom stereocenters. The van der Waals surface area contributed by atoms with Gasteiger partial charge in [-0.25, -0.2) is 4.79 Å². The van der Waals surface area contributed by atoms with Gasteiger partial charge in [0.25, 0.3) is 0 Å². The van der Waals surface area contributed by atoms with Crippen LogP contribution in [0.25, 0.3) is 0 Å². The van der Waals surface area contributed by atoms with Crippen molar-refractivity contribution in [2.45, 2.75) is 25.8 Å². The van der Waals surface area contributed by atoms with Crippen LogP contribution in [0.5, 0.6) is 0 Å². The second-order valence-electron chi connectivity index (χ2n) is 3.33. The lowest BCUT2D eigenvalue weighted by Crippen LogP contribution is -2.32. The van der Waals surface area contributed by atoms with E-state index in [0.717, 1.165) is 11.7 Å². The fourth-order valence-corrected chi connectivity index (χ4v) is 2.19. The number of hydrogen-bond acceptors (Lipinski definition) is 2. The van der Waals surface area contributed by atoms with Crippen molar-refractivity contribution >= 4 is 17.9 Å². The van der Waals surface area contributed by atoms with E-state index in [1.165, 1.54) is 18.6 Å². The summed E-state index contributed by atoms with van der Waals surface area (Å²) < 4.78 is 0. The van der Waals surface area contributed by atoms with E-state index in [9.17, 15) is 4.79 Å². The number of carbonyl (C=O) groups is 1. The van der Waals surface area contributed by atoms with Gasteiger partial charge in [-0.15, -0.1) is 0 Å². The number of nitrogens with one attached hydrogen (secondary N) is 1. The molecule has 0 aliphatic heterocycles. The lowest BCUT2D eigenvalue weighted by atomic mass is 10.4. The quantitative estimate of drug-likeness (QED) is 0.693. The van der Waals surface area contributed by atoms with Gasteiger partial charge in [-0.2, -0.15) is 11.8 Å². The highest BCUT2D eigenvalue weighted by molar-refractivity contribution is 7.99. The number of thioether (sulfide) groups is 1. The molecule has 70 valence electrons. The molecule has 0 aromatic carbocycles. The predicted octanol–water partition coefficient (Wildman–Crippen LogP) is 1.79. The van der Waals surface area contributed by atoms with Gasteiger partial charge in [-0.1, -0.05) is 0 Å². The van der Waals surface area contributed by atoms with E-state index in [1.807, 2.05) is 18.7 Å². The molecule has 1 amide bonds. The minimum absolute atomic E-state index is 0.0752. The molecule has 2 N–H and O–H groups in total. The maximum Gasteiger partial charge on any atom is 0.404 e. The molecule has 1 fully saturated rings. The third-order valence-electron chi connectivity index (χ3n) is 1.79. The molecule has 12 heavy (non-hydrogen) atoms. The molecule has 0 saturated heterocycles. The summed E-state index contributed by atoms with van der Waals surface area (Å²) in [5.41, 5.74) is 0. The van der Waals surface area contributed by atoms with Gasteiger partial charge in [-0.3, -0.25) is 0 Å². The van der Waals surface area contributed by atoms with Crippen LogP contribution in [0, 0.1) is 5.92 Å². The van der Waals surface area contributed by atoms with E-state index < -0.39 is 6.09 Å². The fraction of sp³-hybridized carbons (Fsp3) is 0.875. The monoisotopic (exact) mass is 189 g/mol. The highest BCUT2D eigenvalue weighted by Crippen LogP contribution is 2.32. The molecule has 0 aromatic heterocycles. The molecule has 3 nitrogen and oxygen atoms in total. The van der Waals surface area contributed by atoms with Crippen LogP contribution < -0.4 is 5.32 Å². The van der Waals surface area contributed by atoms with Crippen molar-refractivity contribution in [3.63, 3.8) is 0 Å². The average molecular weight is 189 g/mol. The zero-order valence-corrected chi connectivity index (χ0v) is 8.06. The smallest absolute Gasteiger partial charge is 0.404 e. The van der Waals surface area contributed by atoms with Crippen molar-refractivity contribution in [1.82, 2.24) is 5.32 Å². The molecule has 1 saturated carbocycles. The highest BCUT2D eigenvalue weighted by Gasteiger charge is 2.21. The van der Waals surface area contributed by atoms with E-state index >= 15 is 0 Å². The molecule has 1 aliphatic rings. The number of carboxylic acid groups (broad SMARTS) is 1. The summed E-state index contributed by atoms with van der Waals surface area (Å²) in [6.45, 7) is 1.90. The maximum atomic E-state index is 10.2. The normalized spacial score (nSPS) is 18.8. The third kappa shape index (κ3) is 4.49. The van der Waals surface area contributed by atoms with E-state index in [-0.39, 0.29) is 6.04 Å². The first-order valence-electron chi connectivity index (χ1n) is 4.25. The number of amides is 1. The topological polar surface area (TPSA) is 49.3 Å². The van der Waals surface area contributed by atoms with E-state index in [2.05, 4.69) is 5.32 Å². The summed E-state index contributed by atoms with van der Waals surface area (Å²) in [4.78, 5) is 10.2. The molecule has 0 bridgehead atoms. The number of rotatable bonds is 5. The highest BCUT2D eigenvalue weighted by atomic mass is 32.2. The molecule has 1 rings (SSSR count). The van der Waals surface area contributed by atoms with Gasteiger partial charge < -0.3 is 10.4 Å². The van der Waals surface area contributed by atoms with Crippen molar-refractivity contribution in [3.8, 4) is 0 Å². The Labute approximate surface area is 76.9 Å². The second kappa shape index (κ2) is 4.60. The molecular formula is C8H15NO2S. The largest absolute Gasteiger partial charge is 0.465 e. The number of hydrogen-bond donors (Lipinski definition) is 2. The van der Waals surface area contributed by atoms with Gasteiger partial charge in [-0.05, 0) is 31.4 Å². The second-order valence-corrected chi connectivity index (χ2v) is 4.41. The van der Waals surface area contributed by atoms with Crippen molar-refractivity contribution in [2.75, 3.05) is 11.5 Å². The standard InChI is InChI=1S/C8H15NO2S/c1-6(9-8(10)11)4-12-5-7-2-3-7/h6-7,9H,2-5H2,1H3,(H,10,11). The molecular weight excluding hydrogens is 174 g/mol. The van der Waals surface area contributed by atoms with Gasteiger partial charge in [0.15, 0.2) is 0 Å². The first-order valence-corrected chi connectivity index (χ1v) is 5.41. The van der Waals surface area contributed by atoms with Crippen LogP contribution in [-0.4, -0.2) is 28.7 Å². The minimum atomic E-state index is -0.922. The SMILES string of the molecule is CC(CSCC1CC1)NC(=O)O. The summed E-state index contributed by atoms with van der Waals surface area (Å²) >= 11 is 1.85. The van der Waals surface area contributed by atoms with Gasteiger partial charge in [0.1, 0.15) is 0 Å².